The van der Waals surface area contributed by atoms with Gasteiger partial charge in [0.05, 0.1) is 7.11 Å². The zero-order chi connectivity index (χ0) is 17.2. The molecule has 128 valence electrons. The number of fused-ring (bicyclic) bond motifs is 1. The maximum atomic E-state index is 13.1. The van der Waals surface area contributed by atoms with Gasteiger partial charge < -0.3 is 19.4 Å². The fourth-order valence-electron chi connectivity index (χ4n) is 3.26. The third-order valence-corrected chi connectivity index (χ3v) is 4.56. The van der Waals surface area contributed by atoms with Crippen molar-refractivity contribution in [2.45, 2.75) is 0 Å². The number of nitrogens with one attached hydrogen (secondary N) is 1. The Morgan fingerprint density at radius 2 is 1.88 bits per heavy atom. The molecule has 2 heterocycles. The molecule has 0 saturated carbocycles. The topological polar surface area (TPSA) is 54.7 Å². The van der Waals surface area contributed by atoms with Crippen LogP contribution in [0.3, 0.4) is 0 Å². The van der Waals surface area contributed by atoms with E-state index in [4.69, 9.17) is 9.15 Å². The van der Waals surface area contributed by atoms with Crippen LogP contribution in [0.1, 0.15) is 10.6 Å². The standard InChI is InChI=1S/C20H20N2O3/c1-24-15-7-8-16-17(13-15)25-19(18(16)14-5-3-2-4-6-14)20(23)22-11-9-21-10-12-22/h2-8,13,21H,9-12H2,1H3. The van der Waals surface area contributed by atoms with E-state index in [1.807, 2.05) is 53.4 Å². The summed E-state index contributed by atoms with van der Waals surface area (Å²) in [6.45, 7) is 2.99. The lowest BCUT2D eigenvalue weighted by Crippen LogP contribution is -2.46. The number of amides is 1. The smallest absolute Gasteiger partial charge is 0.290 e. The molecule has 4 rings (SSSR count). The summed E-state index contributed by atoms with van der Waals surface area (Å²) < 4.78 is 11.3. The van der Waals surface area contributed by atoms with Gasteiger partial charge in [0.1, 0.15) is 11.3 Å². The predicted octanol–water partition coefficient (Wildman–Crippen LogP) is 3.15. The SMILES string of the molecule is COc1ccc2c(-c3ccccc3)c(C(=O)N3CCNCC3)oc2c1. The van der Waals surface area contributed by atoms with Crippen molar-refractivity contribution in [1.29, 1.82) is 0 Å². The summed E-state index contributed by atoms with van der Waals surface area (Å²) in [5.74, 6) is 1.05. The molecule has 1 N–H and O–H groups in total. The Balaban J connectivity index is 1.88. The highest BCUT2D eigenvalue weighted by atomic mass is 16.5. The van der Waals surface area contributed by atoms with Crippen molar-refractivity contribution in [2.24, 2.45) is 0 Å². The minimum absolute atomic E-state index is 0.0597. The van der Waals surface area contributed by atoms with Gasteiger partial charge in [0.15, 0.2) is 0 Å². The highest BCUT2D eigenvalue weighted by molar-refractivity contribution is 6.08. The molecule has 0 unspecified atom stereocenters. The van der Waals surface area contributed by atoms with Gasteiger partial charge in [-0.15, -0.1) is 0 Å². The van der Waals surface area contributed by atoms with Gasteiger partial charge in [0, 0.05) is 43.2 Å². The highest BCUT2D eigenvalue weighted by Crippen LogP contribution is 2.37. The van der Waals surface area contributed by atoms with Gasteiger partial charge in [-0.2, -0.15) is 0 Å². The van der Waals surface area contributed by atoms with Gasteiger partial charge in [-0.1, -0.05) is 30.3 Å². The lowest BCUT2D eigenvalue weighted by atomic mass is 10.0. The number of piperazine rings is 1. The second-order valence-electron chi connectivity index (χ2n) is 6.08. The zero-order valence-electron chi connectivity index (χ0n) is 14.1. The Hall–Kier alpha value is -2.79. The fourth-order valence-corrected chi connectivity index (χ4v) is 3.26. The van der Waals surface area contributed by atoms with Gasteiger partial charge in [-0.05, 0) is 17.7 Å². The van der Waals surface area contributed by atoms with Crippen molar-refractivity contribution < 1.29 is 13.9 Å². The molecular weight excluding hydrogens is 316 g/mol. The monoisotopic (exact) mass is 336 g/mol. The van der Waals surface area contributed by atoms with Crippen molar-refractivity contribution >= 4 is 16.9 Å². The van der Waals surface area contributed by atoms with Crippen LogP contribution in [0.4, 0.5) is 0 Å². The minimum Gasteiger partial charge on any atom is -0.497 e. The molecule has 3 aromatic rings. The van der Waals surface area contributed by atoms with Crippen molar-refractivity contribution in [3.63, 3.8) is 0 Å². The van der Waals surface area contributed by atoms with E-state index in [1.54, 1.807) is 7.11 Å². The van der Waals surface area contributed by atoms with Crippen molar-refractivity contribution in [2.75, 3.05) is 33.3 Å². The Morgan fingerprint density at radius 3 is 2.60 bits per heavy atom. The average Bonchev–Trinajstić information content (AvgIpc) is 3.07. The molecule has 0 atom stereocenters. The lowest BCUT2D eigenvalue weighted by Gasteiger charge is -2.26. The first-order chi connectivity index (χ1) is 12.3. The summed E-state index contributed by atoms with van der Waals surface area (Å²) in [4.78, 5) is 14.9. The molecule has 0 spiro atoms. The van der Waals surface area contributed by atoms with Crippen LogP contribution in [0.2, 0.25) is 0 Å². The molecule has 1 amide bonds. The van der Waals surface area contributed by atoms with Crippen molar-refractivity contribution in [1.82, 2.24) is 10.2 Å². The van der Waals surface area contributed by atoms with Gasteiger partial charge in [-0.25, -0.2) is 0 Å². The Morgan fingerprint density at radius 1 is 1.12 bits per heavy atom. The van der Waals surface area contributed by atoms with Crippen molar-refractivity contribution in [3.05, 3.63) is 54.3 Å². The Kier molecular flexibility index (Phi) is 4.15. The van der Waals surface area contributed by atoms with E-state index in [0.717, 1.165) is 29.6 Å². The third-order valence-electron chi connectivity index (χ3n) is 4.56. The number of nitrogens with zero attached hydrogens (tertiary/aromatic N) is 1. The first kappa shape index (κ1) is 15.7. The average molecular weight is 336 g/mol. The second-order valence-corrected chi connectivity index (χ2v) is 6.08. The molecule has 2 aromatic carbocycles. The molecule has 5 nitrogen and oxygen atoms in total. The molecule has 0 bridgehead atoms. The summed E-state index contributed by atoms with van der Waals surface area (Å²) >= 11 is 0. The summed E-state index contributed by atoms with van der Waals surface area (Å²) in [6.07, 6.45) is 0. The highest BCUT2D eigenvalue weighted by Gasteiger charge is 2.27. The molecule has 1 aromatic heterocycles. The van der Waals surface area contributed by atoms with E-state index in [1.165, 1.54) is 0 Å². The van der Waals surface area contributed by atoms with Gasteiger partial charge in [0.2, 0.25) is 5.76 Å². The minimum atomic E-state index is -0.0597. The number of rotatable bonds is 3. The predicted molar refractivity (Wildman–Crippen MR) is 97.0 cm³/mol. The summed E-state index contributed by atoms with van der Waals surface area (Å²) in [5, 5.41) is 4.19. The quantitative estimate of drug-likeness (QED) is 0.798. The van der Waals surface area contributed by atoms with E-state index >= 15 is 0 Å². The number of carbonyl (C=O) groups excluding carboxylic acids is 1. The number of carbonyl (C=O) groups is 1. The fraction of sp³-hybridized carbons (Fsp3) is 0.250. The van der Waals surface area contributed by atoms with Crippen LogP contribution < -0.4 is 10.1 Å². The van der Waals surface area contributed by atoms with Gasteiger partial charge in [0.25, 0.3) is 5.91 Å². The van der Waals surface area contributed by atoms with Gasteiger partial charge >= 0.3 is 0 Å². The van der Waals surface area contributed by atoms with E-state index in [-0.39, 0.29) is 5.91 Å². The first-order valence-corrected chi connectivity index (χ1v) is 8.44. The first-order valence-electron chi connectivity index (χ1n) is 8.44. The maximum absolute atomic E-state index is 13.1. The molecule has 0 radical (unpaired) electrons. The largest absolute Gasteiger partial charge is 0.497 e. The normalized spacial score (nSPS) is 14.7. The van der Waals surface area contributed by atoms with Gasteiger partial charge in [-0.3, -0.25) is 4.79 Å². The van der Waals surface area contributed by atoms with E-state index in [2.05, 4.69) is 5.32 Å². The van der Waals surface area contributed by atoms with E-state index < -0.39 is 0 Å². The summed E-state index contributed by atoms with van der Waals surface area (Å²) in [5.41, 5.74) is 2.49. The summed E-state index contributed by atoms with van der Waals surface area (Å²) in [7, 11) is 1.62. The molecule has 1 aliphatic rings. The third kappa shape index (κ3) is 2.87. The number of benzene rings is 2. The van der Waals surface area contributed by atoms with Crippen molar-refractivity contribution in [3.8, 4) is 16.9 Å². The molecule has 1 fully saturated rings. The van der Waals surface area contributed by atoms with Crippen LogP contribution in [-0.4, -0.2) is 44.1 Å². The van der Waals surface area contributed by atoms with Crippen LogP contribution in [0.25, 0.3) is 22.1 Å². The van der Waals surface area contributed by atoms with E-state index in [9.17, 15) is 4.79 Å². The number of hydrogen-bond acceptors (Lipinski definition) is 4. The molecule has 1 saturated heterocycles. The van der Waals surface area contributed by atoms with E-state index in [0.29, 0.717) is 30.2 Å². The number of methoxy groups -OCH3 is 1. The van der Waals surface area contributed by atoms with Crippen LogP contribution in [0.5, 0.6) is 5.75 Å². The molecule has 0 aliphatic carbocycles. The zero-order valence-corrected chi connectivity index (χ0v) is 14.1. The van der Waals surface area contributed by atoms with Crippen LogP contribution >= 0.6 is 0 Å². The second kappa shape index (κ2) is 6.61. The number of furan rings is 1. The number of ether oxygens (including phenoxy) is 1. The Labute approximate surface area is 146 Å². The molecular formula is C20H20N2O3. The van der Waals surface area contributed by atoms with Crippen LogP contribution in [-0.2, 0) is 0 Å². The summed E-state index contributed by atoms with van der Waals surface area (Å²) in [6, 6.07) is 15.6. The maximum Gasteiger partial charge on any atom is 0.290 e. The Bertz CT molecular complexity index is 896. The molecule has 25 heavy (non-hydrogen) atoms. The molecule has 1 aliphatic heterocycles. The van der Waals surface area contributed by atoms with Crippen LogP contribution in [0, 0.1) is 0 Å². The molecule has 5 heteroatoms. The number of hydrogen-bond donors (Lipinski definition) is 1. The lowest BCUT2D eigenvalue weighted by molar-refractivity contribution is 0.0707. The van der Waals surface area contributed by atoms with Crippen LogP contribution in [0.15, 0.2) is 52.9 Å².